The first-order valence-electron chi connectivity index (χ1n) is 14.9. The molecule has 6 heteroatoms. The first kappa shape index (κ1) is 27.6. The van der Waals surface area contributed by atoms with Crippen molar-refractivity contribution in [3.8, 4) is 5.75 Å². The highest BCUT2D eigenvalue weighted by molar-refractivity contribution is 6.09. The Kier molecular flexibility index (Phi) is 7.95. The van der Waals surface area contributed by atoms with E-state index in [1.165, 1.54) is 21.8 Å². The van der Waals surface area contributed by atoms with Gasteiger partial charge in [-0.15, -0.1) is 0 Å². The van der Waals surface area contributed by atoms with Crippen LogP contribution in [0.2, 0.25) is 0 Å². The molecule has 1 N–H and O–H groups in total. The van der Waals surface area contributed by atoms with E-state index in [2.05, 4.69) is 76.6 Å². The van der Waals surface area contributed by atoms with E-state index in [0.29, 0.717) is 18.5 Å². The molecule has 0 fully saturated rings. The zero-order chi connectivity index (χ0) is 29.1. The fraction of sp³-hybridized carbons (Fsp3) is 0.278. The summed E-state index contributed by atoms with van der Waals surface area (Å²) in [4.78, 5) is 28.4. The zero-order valence-corrected chi connectivity index (χ0v) is 24.3. The number of methoxy groups -OCH3 is 1. The van der Waals surface area contributed by atoms with Crippen molar-refractivity contribution in [2.24, 2.45) is 0 Å². The third-order valence-electron chi connectivity index (χ3n) is 8.41. The molecule has 0 radical (unpaired) electrons. The standard InChI is InChI=1S/C36H37N3O3/c1-3-11-35(40)37-23-10-12-26-24-34(39-31-16-7-4-13-28(31)29-14-5-8-17-32(29)39)30-15-6-9-18-33(30)38(26)36(41)25-19-21-27(42-2)22-20-25/h4-9,13-22,26,34H,3,10-12,23-24H2,1-2H3,(H,37,40). The summed E-state index contributed by atoms with van der Waals surface area (Å²) >= 11 is 0. The molecule has 5 aromatic rings. The smallest absolute Gasteiger partial charge is 0.258 e. The molecule has 1 aliphatic heterocycles. The van der Waals surface area contributed by atoms with Crippen LogP contribution < -0.4 is 15.0 Å². The summed E-state index contributed by atoms with van der Waals surface area (Å²) in [6, 6.07) is 32.8. The molecule has 1 aliphatic rings. The maximum absolute atomic E-state index is 14.2. The summed E-state index contributed by atoms with van der Waals surface area (Å²) in [6.45, 7) is 2.61. The maximum Gasteiger partial charge on any atom is 0.258 e. The van der Waals surface area contributed by atoms with Crippen molar-refractivity contribution in [3.05, 3.63) is 108 Å². The number of hydrogen-bond acceptors (Lipinski definition) is 3. The van der Waals surface area contributed by atoms with Crippen LogP contribution in [0.5, 0.6) is 5.75 Å². The number of ether oxygens (including phenoxy) is 1. The minimum atomic E-state index is -0.0532. The first-order chi connectivity index (χ1) is 20.6. The van der Waals surface area contributed by atoms with Gasteiger partial charge in [0.1, 0.15) is 5.75 Å². The SMILES string of the molecule is CCCC(=O)NCCCC1CC(n2c3ccccc3c3ccccc32)c2ccccc2N1C(=O)c1ccc(OC)cc1. The second-order valence-corrected chi connectivity index (χ2v) is 11.0. The number of aromatic nitrogens is 1. The highest BCUT2D eigenvalue weighted by Gasteiger charge is 2.37. The number of carbonyl (C=O) groups excluding carboxylic acids is 2. The third kappa shape index (κ3) is 5.13. The fourth-order valence-corrected chi connectivity index (χ4v) is 6.48. The Morgan fingerprint density at radius 1 is 0.857 bits per heavy atom. The van der Waals surface area contributed by atoms with E-state index in [4.69, 9.17) is 4.74 Å². The van der Waals surface area contributed by atoms with Gasteiger partial charge in [-0.3, -0.25) is 9.59 Å². The Morgan fingerprint density at radius 2 is 1.50 bits per heavy atom. The minimum Gasteiger partial charge on any atom is -0.497 e. The highest BCUT2D eigenvalue weighted by Crippen LogP contribution is 2.45. The number of hydrogen-bond donors (Lipinski definition) is 1. The number of anilines is 1. The van der Waals surface area contributed by atoms with Crippen LogP contribution in [-0.4, -0.2) is 36.1 Å². The molecule has 0 bridgehead atoms. The van der Waals surface area contributed by atoms with Crippen LogP contribution in [0.25, 0.3) is 21.8 Å². The normalized spacial score (nSPS) is 16.4. The molecule has 4 aromatic carbocycles. The van der Waals surface area contributed by atoms with Crippen LogP contribution in [0.4, 0.5) is 5.69 Å². The fourth-order valence-electron chi connectivity index (χ4n) is 6.48. The maximum atomic E-state index is 14.2. The monoisotopic (exact) mass is 559 g/mol. The van der Waals surface area contributed by atoms with Crippen LogP contribution >= 0.6 is 0 Å². The van der Waals surface area contributed by atoms with Gasteiger partial charge in [-0.25, -0.2) is 0 Å². The van der Waals surface area contributed by atoms with Crippen molar-refractivity contribution in [2.75, 3.05) is 18.6 Å². The number of benzene rings is 4. The lowest BCUT2D eigenvalue weighted by atomic mass is 9.87. The lowest BCUT2D eigenvalue weighted by Gasteiger charge is -2.42. The largest absolute Gasteiger partial charge is 0.497 e. The van der Waals surface area contributed by atoms with Crippen LogP contribution in [0.3, 0.4) is 0 Å². The molecule has 2 unspecified atom stereocenters. The van der Waals surface area contributed by atoms with Gasteiger partial charge in [0.2, 0.25) is 5.91 Å². The predicted molar refractivity (Wildman–Crippen MR) is 169 cm³/mol. The van der Waals surface area contributed by atoms with Crippen molar-refractivity contribution in [1.29, 1.82) is 0 Å². The number of fused-ring (bicyclic) bond motifs is 4. The molecule has 214 valence electrons. The van der Waals surface area contributed by atoms with Gasteiger partial charge >= 0.3 is 0 Å². The van der Waals surface area contributed by atoms with Crippen molar-refractivity contribution in [3.63, 3.8) is 0 Å². The van der Waals surface area contributed by atoms with E-state index in [-0.39, 0.29) is 23.9 Å². The average Bonchev–Trinajstić information content (AvgIpc) is 3.37. The van der Waals surface area contributed by atoms with Gasteiger partial charge in [0.25, 0.3) is 5.91 Å². The van der Waals surface area contributed by atoms with Crippen molar-refractivity contribution in [1.82, 2.24) is 9.88 Å². The van der Waals surface area contributed by atoms with Gasteiger partial charge in [0.15, 0.2) is 0 Å². The van der Waals surface area contributed by atoms with Crippen LogP contribution in [0.1, 0.15) is 61.0 Å². The molecule has 42 heavy (non-hydrogen) atoms. The molecule has 6 rings (SSSR count). The second-order valence-electron chi connectivity index (χ2n) is 11.0. The quantitative estimate of drug-likeness (QED) is 0.190. The Bertz CT molecular complexity index is 1670. The summed E-state index contributed by atoms with van der Waals surface area (Å²) in [5.41, 5.74) is 5.09. The Balaban J connectivity index is 1.43. The summed E-state index contributed by atoms with van der Waals surface area (Å²) in [5.74, 6) is 0.781. The molecule has 2 amide bonds. The predicted octanol–water partition coefficient (Wildman–Crippen LogP) is 7.51. The highest BCUT2D eigenvalue weighted by atomic mass is 16.5. The molecule has 0 spiro atoms. The summed E-state index contributed by atoms with van der Waals surface area (Å²) in [7, 11) is 1.63. The number of rotatable bonds is 9. The van der Waals surface area contributed by atoms with Crippen LogP contribution in [0.15, 0.2) is 97.1 Å². The molecule has 2 atom stereocenters. The molecular formula is C36H37N3O3. The number of nitrogens with one attached hydrogen (secondary N) is 1. The molecule has 2 heterocycles. The third-order valence-corrected chi connectivity index (χ3v) is 8.41. The molecule has 0 saturated heterocycles. The number of amides is 2. The van der Waals surface area contributed by atoms with E-state index in [9.17, 15) is 9.59 Å². The van der Waals surface area contributed by atoms with Crippen LogP contribution in [-0.2, 0) is 4.79 Å². The van der Waals surface area contributed by atoms with E-state index in [0.717, 1.165) is 42.7 Å². The van der Waals surface area contributed by atoms with Gasteiger partial charge in [-0.1, -0.05) is 61.5 Å². The van der Waals surface area contributed by atoms with Gasteiger partial charge in [-0.2, -0.15) is 0 Å². The van der Waals surface area contributed by atoms with Crippen LogP contribution in [0, 0.1) is 0 Å². The zero-order valence-electron chi connectivity index (χ0n) is 24.3. The molecule has 0 saturated carbocycles. The van der Waals surface area contributed by atoms with Gasteiger partial charge < -0.3 is 19.5 Å². The summed E-state index contributed by atoms with van der Waals surface area (Å²) in [5, 5.41) is 5.52. The van der Waals surface area contributed by atoms with E-state index in [1.54, 1.807) is 7.11 Å². The van der Waals surface area contributed by atoms with E-state index >= 15 is 0 Å². The Hall–Kier alpha value is -4.58. The van der Waals surface area contributed by atoms with Crippen molar-refractivity contribution >= 4 is 39.3 Å². The Labute approximate surface area is 246 Å². The molecular weight excluding hydrogens is 522 g/mol. The topological polar surface area (TPSA) is 63.6 Å². The summed E-state index contributed by atoms with van der Waals surface area (Å²) < 4.78 is 7.80. The number of carbonyl (C=O) groups is 2. The number of nitrogens with zero attached hydrogens (tertiary/aromatic N) is 2. The average molecular weight is 560 g/mol. The second kappa shape index (κ2) is 12.1. The van der Waals surface area contributed by atoms with Crippen molar-refractivity contribution in [2.45, 2.75) is 51.1 Å². The Morgan fingerprint density at radius 3 is 2.17 bits per heavy atom. The molecule has 0 aliphatic carbocycles. The lowest BCUT2D eigenvalue weighted by molar-refractivity contribution is -0.121. The van der Waals surface area contributed by atoms with Gasteiger partial charge in [0.05, 0.1) is 13.2 Å². The lowest BCUT2D eigenvalue weighted by Crippen LogP contribution is -2.46. The first-order valence-corrected chi connectivity index (χ1v) is 14.9. The van der Waals surface area contributed by atoms with Gasteiger partial charge in [0, 0.05) is 52.1 Å². The molecule has 1 aromatic heterocycles. The summed E-state index contributed by atoms with van der Waals surface area (Å²) in [6.07, 6.45) is 3.69. The van der Waals surface area contributed by atoms with Crippen molar-refractivity contribution < 1.29 is 14.3 Å². The molecule has 6 nitrogen and oxygen atoms in total. The van der Waals surface area contributed by atoms with E-state index < -0.39 is 0 Å². The minimum absolute atomic E-state index is 0.0224. The van der Waals surface area contributed by atoms with E-state index in [1.807, 2.05) is 42.2 Å². The number of para-hydroxylation sites is 3. The van der Waals surface area contributed by atoms with Gasteiger partial charge in [-0.05, 0) is 73.7 Å².